The summed E-state index contributed by atoms with van der Waals surface area (Å²) in [5, 5.41) is 7.61. The molecule has 2 rings (SSSR count). The Morgan fingerprint density at radius 2 is 2.19 bits per heavy atom. The van der Waals surface area contributed by atoms with Gasteiger partial charge in [0, 0.05) is 5.38 Å². The molecule has 0 saturated carbocycles. The Kier molecular flexibility index (Phi) is 4.62. The summed E-state index contributed by atoms with van der Waals surface area (Å²) in [6, 6.07) is 3.74. The predicted octanol–water partition coefficient (Wildman–Crippen LogP) is 2.11. The lowest BCUT2D eigenvalue weighted by atomic mass is 10.2. The highest BCUT2D eigenvalue weighted by Crippen LogP contribution is 2.22. The van der Waals surface area contributed by atoms with Crippen molar-refractivity contribution in [3.05, 3.63) is 44.9 Å². The largest absolute Gasteiger partial charge is 0.456 e. The van der Waals surface area contributed by atoms with Gasteiger partial charge in [0.25, 0.3) is 0 Å². The van der Waals surface area contributed by atoms with Crippen LogP contribution in [0.2, 0.25) is 5.02 Å². The Morgan fingerprint density at radius 1 is 1.48 bits per heavy atom. The van der Waals surface area contributed by atoms with Crippen molar-refractivity contribution < 1.29 is 17.9 Å². The molecule has 2 N–H and O–H groups in total. The second-order valence-corrected chi connectivity index (χ2v) is 7.12. The van der Waals surface area contributed by atoms with Crippen LogP contribution in [0.15, 0.2) is 28.5 Å². The molecule has 0 saturated heterocycles. The summed E-state index contributed by atoms with van der Waals surface area (Å²) in [6.45, 7) is 1.85. The fourth-order valence-electron chi connectivity index (χ4n) is 1.55. The van der Waals surface area contributed by atoms with E-state index in [-0.39, 0.29) is 22.1 Å². The first-order valence-electron chi connectivity index (χ1n) is 5.68. The van der Waals surface area contributed by atoms with E-state index in [1.54, 1.807) is 5.38 Å². The molecule has 0 unspecified atom stereocenters. The number of primary sulfonamides is 1. The van der Waals surface area contributed by atoms with Gasteiger partial charge in [0.1, 0.15) is 11.5 Å². The van der Waals surface area contributed by atoms with Gasteiger partial charge in [-0.1, -0.05) is 11.6 Å². The first-order valence-corrected chi connectivity index (χ1v) is 8.48. The maximum atomic E-state index is 11.9. The molecule has 9 heteroatoms. The van der Waals surface area contributed by atoms with Gasteiger partial charge in [0.05, 0.1) is 21.3 Å². The van der Waals surface area contributed by atoms with E-state index in [0.717, 1.165) is 11.1 Å². The van der Waals surface area contributed by atoms with Crippen LogP contribution >= 0.6 is 22.9 Å². The monoisotopic (exact) mass is 346 g/mol. The molecule has 6 nitrogen and oxygen atoms in total. The number of aromatic nitrogens is 1. The van der Waals surface area contributed by atoms with Crippen molar-refractivity contribution >= 4 is 38.9 Å². The second kappa shape index (κ2) is 6.10. The molecule has 1 aromatic carbocycles. The normalized spacial score (nSPS) is 11.4. The van der Waals surface area contributed by atoms with Gasteiger partial charge >= 0.3 is 5.97 Å². The van der Waals surface area contributed by atoms with Crippen LogP contribution in [-0.2, 0) is 21.4 Å². The van der Waals surface area contributed by atoms with E-state index in [2.05, 4.69) is 4.98 Å². The molecule has 0 amide bonds. The average molecular weight is 347 g/mol. The van der Waals surface area contributed by atoms with Crippen molar-refractivity contribution in [2.45, 2.75) is 18.4 Å². The molecular weight excluding hydrogens is 336 g/mol. The van der Waals surface area contributed by atoms with E-state index in [4.69, 9.17) is 21.5 Å². The quantitative estimate of drug-likeness (QED) is 0.855. The van der Waals surface area contributed by atoms with E-state index in [1.165, 1.54) is 23.5 Å². The number of benzene rings is 1. The Balaban J connectivity index is 2.16. The molecule has 0 fully saturated rings. The van der Waals surface area contributed by atoms with Crippen LogP contribution in [0.4, 0.5) is 0 Å². The zero-order valence-corrected chi connectivity index (χ0v) is 13.3. The summed E-state index contributed by atoms with van der Waals surface area (Å²) in [4.78, 5) is 15.7. The zero-order valence-electron chi connectivity index (χ0n) is 10.9. The molecule has 1 aromatic heterocycles. The highest BCUT2D eigenvalue weighted by atomic mass is 35.5. The number of hydrogen-bond acceptors (Lipinski definition) is 6. The molecule has 0 aliphatic rings. The summed E-state index contributed by atoms with van der Waals surface area (Å²) in [7, 11) is -4.00. The number of nitrogens with zero attached hydrogens (tertiary/aromatic N) is 1. The molecule has 1 heterocycles. The third-order valence-electron chi connectivity index (χ3n) is 2.49. The van der Waals surface area contributed by atoms with E-state index in [9.17, 15) is 13.2 Å². The van der Waals surface area contributed by atoms with Gasteiger partial charge in [0.2, 0.25) is 10.0 Å². The number of nitrogens with two attached hydrogens (primary N) is 1. The molecule has 112 valence electrons. The zero-order chi connectivity index (χ0) is 15.6. The van der Waals surface area contributed by atoms with Crippen LogP contribution in [0.25, 0.3) is 0 Å². The maximum Gasteiger partial charge on any atom is 0.338 e. The van der Waals surface area contributed by atoms with Gasteiger partial charge < -0.3 is 4.74 Å². The molecule has 0 spiro atoms. The third kappa shape index (κ3) is 4.01. The molecule has 0 aliphatic heterocycles. The fraction of sp³-hybridized carbons (Fsp3) is 0.167. The summed E-state index contributed by atoms with van der Waals surface area (Å²) in [5.74, 6) is -0.679. The minimum absolute atomic E-state index is 0.0104. The van der Waals surface area contributed by atoms with Crippen molar-refractivity contribution in [2.75, 3.05) is 0 Å². The van der Waals surface area contributed by atoms with Gasteiger partial charge in [-0.3, -0.25) is 0 Å². The van der Waals surface area contributed by atoms with Gasteiger partial charge in [0.15, 0.2) is 0 Å². The molecule has 0 radical (unpaired) electrons. The SMILES string of the molecule is Cc1nc(COC(=O)c2ccc(Cl)c(S(N)(=O)=O)c2)cs1. The van der Waals surface area contributed by atoms with E-state index in [1.807, 2.05) is 6.92 Å². The van der Waals surface area contributed by atoms with Crippen LogP contribution in [0, 0.1) is 6.92 Å². The number of esters is 1. The maximum absolute atomic E-state index is 11.9. The number of ether oxygens (including phenoxy) is 1. The molecule has 0 bridgehead atoms. The van der Waals surface area contributed by atoms with Crippen LogP contribution in [-0.4, -0.2) is 19.4 Å². The van der Waals surface area contributed by atoms with E-state index in [0.29, 0.717) is 5.69 Å². The van der Waals surface area contributed by atoms with Crippen molar-refractivity contribution in [3.8, 4) is 0 Å². The lowest BCUT2D eigenvalue weighted by Crippen LogP contribution is -2.14. The Bertz CT molecular complexity index is 786. The van der Waals surface area contributed by atoms with Crippen molar-refractivity contribution in [2.24, 2.45) is 5.14 Å². The fourth-order valence-corrected chi connectivity index (χ4v) is 3.21. The number of thiazole rings is 1. The second-order valence-electron chi connectivity index (χ2n) is 4.12. The molecule has 21 heavy (non-hydrogen) atoms. The van der Waals surface area contributed by atoms with Crippen LogP contribution in [0.1, 0.15) is 21.1 Å². The minimum atomic E-state index is -4.00. The molecule has 0 aliphatic carbocycles. The summed E-state index contributed by atoms with van der Waals surface area (Å²) in [5.41, 5.74) is 0.682. The first-order chi connectivity index (χ1) is 9.77. The number of rotatable bonds is 4. The van der Waals surface area contributed by atoms with E-state index < -0.39 is 16.0 Å². The number of aryl methyl sites for hydroxylation is 1. The van der Waals surface area contributed by atoms with E-state index >= 15 is 0 Å². The van der Waals surface area contributed by atoms with Crippen LogP contribution in [0.3, 0.4) is 0 Å². The van der Waals surface area contributed by atoms with Crippen LogP contribution < -0.4 is 5.14 Å². The number of halogens is 1. The topological polar surface area (TPSA) is 99.3 Å². The number of hydrogen-bond donors (Lipinski definition) is 1. The van der Waals surface area contributed by atoms with Crippen molar-refractivity contribution in [3.63, 3.8) is 0 Å². The summed E-state index contributed by atoms with van der Waals surface area (Å²) in [6.07, 6.45) is 0. The Labute approximate surface area is 130 Å². The highest BCUT2D eigenvalue weighted by Gasteiger charge is 2.17. The van der Waals surface area contributed by atoms with Gasteiger partial charge in [-0.15, -0.1) is 11.3 Å². The lowest BCUT2D eigenvalue weighted by Gasteiger charge is -2.06. The van der Waals surface area contributed by atoms with Gasteiger partial charge in [-0.05, 0) is 25.1 Å². The lowest BCUT2D eigenvalue weighted by molar-refractivity contribution is 0.0468. The summed E-state index contributed by atoms with van der Waals surface area (Å²) < 4.78 is 27.7. The number of sulfonamides is 1. The minimum Gasteiger partial charge on any atom is -0.456 e. The smallest absolute Gasteiger partial charge is 0.338 e. The predicted molar refractivity (Wildman–Crippen MR) is 78.8 cm³/mol. The first kappa shape index (κ1) is 15.9. The molecule has 2 aromatic rings. The van der Waals surface area contributed by atoms with Crippen molar-refractivity contribution in [1.82, 2.24) is 4.98 Å². The number of carbonyl (C=O) groups excluding carboxylic acids is 1. The third-order valence-corrected chi connectivity index (χ3v) is 4.71. The van der Waals surface area contributed by atoms with Gasteiger partial charge in [-0.25, -0.2) is 23.3 Å². The number of carbonyl (C=O) groups is 1. The highest BCUT2D eigenvalue weighted by molar-refractivity contribution is 7.89. The average Bonchev–Trinajstić information content (AvgIpc) is 2.81. The van der Waals surface area contributed by atoms with Crippen molar-refractivity contribution in [1.29, 1.82) is 0 Å². The molecule has 0 atom stereocenters. The summed E-state index contributed by atoms with van der Waals surface area (Å²) >= 11 is 7.19. The Morgan fingerprint density at radius 3 is 2.76 bits per heavy atom. The molecular formula is C12H11ClN2O4S2. The standard InChI is InChI=1S/C12H11ClN2O4S2/c1-7-15-9(6-20-7)5-19-12(16)8-2-3-10(13)11(4-8)21(14,17)18/h2-4,6H,5H2,1H3,(H2,14,17,18). The van der Waals surface area contributed by atoms with Crippen LogP contribution in [0.5, 0.6) is 0 Å². The Hall–Kier alpha value is -1.48. The van der Waals surface area contributed by atoms with Gasteiger partial charge in [-0.2, -0.15) is 0 Å².